The van der Waals surface area contributed by atoms with Gasteiger partial charge in [0, 0.05) is 18.3 Å². The van der Waals surface area contributed by atoms with Crippen LogP contribution >= 0.6 is 0 Å². The SMILES string of the molecule is CCc1ccccc1NC(=O)CN(C)C(=O)CNC(=O)c1cccc(C)c1. The number of para-hydroxylation sites is 1. The Balaban J connectivity index is 1.84. The number of carbonyl (C=O) groups excluding carboxylic acids is 3. The smallest absolute Gasteiger partial charge is 0.251 e. The number of likely N-dealkylation sites (N-methyl/N-ethyl adjacent to an activating group) is 1. The van der Waals surface area contributed by atoms with E-state index < -0.39 is 0 Å². The third kappa shape index (κ3) is 5.95. The maximum Gasteiger partial charge on any atom is 0.251 e. The van der Waals surface area contributed by atoms with Crippen LogP contribution in [0.5, 0.6) is 0 Å². The third-order valence-corrected chi connectivity index (χ3v) is 4.16. The molecule has 0 saturated carbocycles. The molecule has 0 unspecified atom stereocenters. The molecular weight excluding hydrogens is 342 g/mol. The Bertz CT molecular complexity index is 833. The van der Waals surface area contributed by atoms with Gasteiger partial charge in [0.15, 0.2) is 0 Å². The van der Waals surface area contributed by atoms with E-state index in [-0.39, 0.29) is 30.8 Å². The lowest BCUT2D eigenvalue weighted by atomic mass is 10.1. The van der Waals surface area contributed by atoms with Crippen molar-refractivity contribution in [3.05, 3.63) is 65.2 Å². The van der Waals surface area contributed by atoms with Crippen LogP contribution in [-0.4, -0.2) is 42.8 Å². The van der Waals surface area contributed by atoms with Crippen molar-refractivity contribution >= 4 is 23.4 Å². The summed E-state index contributed by atoms with van der Waals surface area (Å²) in [6.45, 7) is 3.65. The highest BCUT2D eigenvalue weighted by molar-refractivity contribution is 5.98. The zero-order chi connectivity index (χ0) is 19.8. The number of benzene rings is 2. The van der Waals surface area contributed by atoms with Gasteiger partial charge in [0.1, 0.15) is 0 Å². The molecule has 0 heterocycles. The number of nitrogens with one attached hydrogen (secondary N) is 2. The average Bonchev–Trinajstić information content (AvgIpc) is 2.66. The summed E-state index contributed by atoms with van der Waals surface area (Å²) in [5.74, 6) is -0.937. The predicted octanol–water partition coefficient (Wildman–Crippen LogP) is 2.38. The predicted molar refractivity (Wildman–Crippen MR) is 106 cm³/mol. The Labute approximate surface area is 159 Å². The van der Waals surface area contributed by atoms with Gasteiger partial charge in [-0.1, -0.05) is 42.8 Å². The molecule has 0 bridgehead atoms. The van der Waals surface area contributed by atoms with Gasteiger partial charge < -0.3 is 15.5 Å². The number of hydrogen-bond donors (Lipinski definition) is 2. The molecule has 0 aliphatic carbocycles. The molecule has 0 spiro atoms. The largest absolute Gasteiger partial charge is 0.343 e. The number of carbonyl (C=O) groups is 3. The van der Waals surface area contributed by atoms with Crippen molar-refractivity contribution in [2.45, 2.75) is 20.3 Å². The van der Waals surface area contributed by atoms with Crippen LogP contribution in [0.2, 0.25) is 0 Å². The lowest BCUT2D eigenvalue weighted by Crippen LogP contribution is -2.41. The molecule has 0 atom stereocenters. The molecule has 2 N–H and O–H groups in total. The Morgan fingerprint density at radius 1 is 1.04 bits per heavy atom. The van der Waals surface area contributed by atoms with E-state index in [0.717, 1.165) is 23.2 Å². The first-order chi connectivity index (χ1) is 12.9. The second-order valence-corrected chi connectivity index (χ2v) is 6.36. The van der Waals surface area contributed by atoms with Crippen LogP contribution in [0, 0.1) is 6.92 Å². The molecule has 0 fully saturated rings. The normalized spacial score (nSPS) is 10.2. The fourth-order valence-electron chi connectivity index (χ4n) is 2.62. The topological polar surface area (TPSA) is 78.5 Å². The standard InChI is InChI=1S/C21H25N3O3/c1-4-16-9-5-6-11-18(16)23-19(25)14-24(3)20(26)13-22-21(27)17-10-7-8-15(2)12-17/h5-12H,4,13-14H2,1-3H3,(H,22,27)(H,23,25). The van der Waals surface area contributed by atoms with Crippen LogP contribution in [0.3, 0.4) is 0 Å². The van der Waals surface area contributed by atoms with Crippen molar-refractivity contribution in [2.24, 2.45) is 0 Å². The van der Waals surface area contributed by atoms with Gasteiger partial charge >= 0.3 is 0 Å². The molecule has 3 amide bonds. The van der Waals surface area contributed by atoms with Crippen molar-refractivity contribution < 1.29 is 14.4 Å². The van der Waals surface area contributed by atoms with Crippen LogP contribution in [0.25, 0.3) is 0 Å². The van der Waals surface area contributed by atoms with Crippen LogP contribution in [0.15, 0.2) is 48.5 Å². The number of rotatable bonds is 7. The van der Waals surface area contributed by atoms with Gasteiger partial charge in [-0.15, -0.1) is 0 Å². The molecule has 6 heteroatoms. The second-order valence-electron chi connectivity index (χ2n) is 6.36. The fourth-order valence-corrected chi connectivity index (χ4v) is 2.62. The summed E-state index contributed by atoms with van der Waals surface area (Å²) in [5, 5.41) is 5.41. The number of amides is 3. The van der Waals surface area contributed by atoms with E-state index in [1.54, 1.807) is 18.2 Å². The Hall–Kier alpha value is -3.15. The Kier molecular flexibility index (Phi) is 7.11. The Morgan fingerprint density at radius 2 is 1.78 bits per heavy atom. The highest BCUT2D eigenvalue weighted by atomic mass is 16.2. The zero-order valence-electron chi connectivity index (χ0n) is 15.9. The molecule has 0 aliphatic heterocycles. The molecule has 2 rings (SSSR count). The summed E-state index contributed by atoms with van der Waals surface area (Å²) >= 11 is 0. The van der Waals surface area contributed by atoms with E-state index in [4.69, 9.17) is 0 Å². The lowest BCUT2D eigenvalue weighted by Gasteiger charge is -2.18. The van der Waals surface area contributed by atoms with E-state index >= 15 is 0 Å². The van der Waals surface area contributed by atoms with Gasteiger partial charge in [-0.2, -0.15) is 0 Å². The van der Waals surface area contributed by atoms with Crippen molar-refractivity contribution in [1.82, 2.24) is 10.2 Å². The summed E-state index contributed by atoms with van der Waals surface area (Å²) in [5.41, 5.74) is 3.25. The fraction of sp³-hybridized carbons (Fsp3) is 0.286. The van der Waals surface area contributed by atoms with Crippen LogP contribution in [0.1, 0.15) is 28.4 Å². The molecule has 142 valence electrons. The average molecular weight is 367 g/mol. The summed E-state index contributed by atoms with van der Waals surface area (Å²) in [7, 11) is 1.53. The van der Waals surface area contributed by atoms with Crippen LogP contribution < -0.4 is 10.6 Å². The van der Waals surface area contributed by atoms with Gasteiger partial charge in [-0.05, 0) is 37.1 Å². The minimum Gasteiger partial charge on any atom is -0.343 e. The number of anilines is 1. The van der Waals surface area contributed by atoms with E-state index in [1.807, 2.05) is 44.2 Å². The minimum absolute atomic E-state index is 0.0861. The number of nitrogens with zero attached hydrogens (tertiary/aromatic N) is 1. The number of hydrogen-bond acceptors (Lipinski definition) is 3. The van der Waals surface area contributed by atoms with E-state index in [1.165, 1.54) is 11.9 Å². The first-order valence-corrected chi connectivity index (χ1v) is 8.87. The first kappa shape index (κ1) is 20.2. The molecule has 6 nitrogen and oxygen atoms in total. The molecule has 0 saturated heterocycles. The monoisotopic (exact) mass is 367 g/mol. The van der Waals surface area contributed by atoms with Crippen molar-refractivity contribution in [3.63, 3.8) is 0 Å². The Morgan fingerprint density at radius 3 is 2.48 bits per heavy atom. The van der Waals surface area contributed by atoms with Crippen molar-refractivity contribution in [2.75, 3.05) is 25.5 Å². The first-order valence-electron chi connectivity index (χ1n) is 8.87. The molecular formula is C21H25N3O3. The van der Waals surface area contributed by atoms with Crippen LogP contribution in [0.4, 0.5) is 5.69 Å². The highest BCUT2D eigenvalue weighted by Gasteiger charge is 2.15. The molecule has 2 aromatic rings. The summed E-state index contributed by atoms with van der Waals surface area (Å²) in [6.07, 6.45) is 0.802. The third-order valence-electron chi connectivity index (χ3n) is 4.16. The van der Waals surface area contributed by atoms with E-state index in [0.29, 0.717) is 5.56 Å². The molecule has 2 aromatic carbocycles. The van der Waals surface area contributed by atoms with Crippen molar-refractivity contribution in [1.29, 1.82) is 0 Å². The zero-order valence-corrected chi connectivity index (χ0v) is 15.9. The van der Waals surface area contributed by atoms with Gasteiger partial charge in [-0.3, -0.25) is 14.4 Å². The minimum atomic E-state index is -0.338. The number of aryl methyl sites for hydroxylation is 2. The highest BCUT2D eigenvalue weighted by Crippen LogP contribution is 2.15. The van der Waals surface area contributed by atoms with Gasteiger partial charge in [0.2, 0.25) is 11.8 Å². The molecule has 0 radical (unpaired) electrons. The maximum atomic E-state index is 12.2. The van der Waals surface area contributed by atoms with Gasteiger partial charge in [0.25, 0.3) is 5.91 Å². The lowest BCUT2D eigenvalue weighted by molar-refractivity contribution is -0.132. The summed E-state index contributed by atoms with van der Waals surface area (Å²) in [4.78, 5) is 37.8. The van der Waals surface area contributed by atoms with Crippen molar-refractivity contribution in [3.8, 4) is 0 Å². The van der Waals surface area contributed by atoms with Crippen LogP contribution in [-0.2, 0) is 16.0 Å². The van der Waals surface area contributed by atoms with Gasteiger partial charge in [-0.25, -0.2) is 0 Å². The van der Waals surface area contributed by atoms with E-state index in [2.05, 4.69) is 10.6 Å². The quantitative estimate of drug-likeness (QED) is 0.789. The summed E-state index contributed by atoms with van der Waals surface area (Å²) in [6, 6.07) is 14.7. The maximum absolute atomic E-state index is 12.2. The molecule has 0 aromatic heterocycles. The van der Waals surface area contributed by atoms with Gasteiger partial charge in [0.05, 0.1) is 13.1 Å². The molecule has 27 heavy (non-hydrogen) atoms. The van der Waals surface area contributed by atoms with E-state index in [9.17, 15) is 14.4 Å². The summed E-state index contributed by atoms with van der Waals surface area (Å²) < 4.78 is 0. The second kappa shape index (κ2) is 9.52. The molecule has 0 aliphatic rings.